The van der Waals surface area contributed by atoms with Gasteiger partial charge in [0.2, 0.25) is 0 Å². The van der Waals surface area contributed by atoms with Crippen LogP contribution in [0.3, 0.4) is 0 Å². The van der Waals surface area contributed by atoms with Gasteiger partial charge < -0.3 is 47.4 Å². The van der Waals surface area contributed by atoms with Gasteiger partial charge in [-0.05, 0) is 5.56 Å². The molecule has 11 atom stereocenters. The number of methoxy groups -OCH3 is 1. The highest BCUT2D eigenvalue weighted by atomic mass is 32.2. The topological polar surface area (TPSA) is 161 Å². The smallest absolute Gasteiger partial charge is 0.303 e. The molecule has 15 heteroatoms. The van der Waals surface area contributed by atoms with Crippen LogP contribution in [0.15, 0.2) is 60.7 Å². The van der Waals surface area contributed by atoms with E-state index in [1.54, 1.807) is 0 Å². The van der Waals surface area contributed by atoms with Gasteiger partial charge in [0, 0.05) is 40.4 Å². The number of rotatable bonds is 12. The van der Waals surface area contributed by atoms with Gasteiger partial charge in [-0.15, -0.1) is 11.8 Å². The molecule has 3 heterocycles. The maximum absolute atomic E-state index is 12.5. The third kappa shape index (κ3) is 9.60. The molecule has 3 aliphatic heterocycles. The Morgan fingerprint density at radius 1 is 0.740 bits per heavy atom. The Labute approximate surface area is 294 Å². The van der Waals surface area contributed by atoms with Crippen molar-refractivity contribution in [1.29, 1.82) is 0 Å². The molecule has 3 aliphatic rings. The van der Waals surface area contributed by atoms with E-state index in [1.807, 2.05) is 60.7 Å². The number of esters is 4. The zero-order valence-electron chi connectivity index (χ0n) is 28.4. The Hall–Kier alpha value is -3.57. The first-order valence-corrected chi connectivity index (χ1v) is 17.1. The van der Waals surface area contributed by atoms with Crippen LogP contribution in [0.25, 0.3) is 0 Å². The Bertz CT molecular complexity index is 1440. The predicted molar refractivity (Wildman–Crippen MR) is 174 cm³/mol. The van der Waals surface area contributed by atoms with Crippen LogP contribution >= 0.6 is 11.8 Å². The second kappa shape index (κ2) is 17.6. The van der Waals surface area contributed by atoms with Crippen LogP contribution in [0.1, 0.15) is 45.1 Å². The molecule has 3 saturated heterocycles. The number of ether oxygens (including phenoxy) is 10. The lowest BCUT2D eigenvalue weighted by Gasteiger charge is -2.50. The number of hydrogen-bond donors (Lipinski definition) is 0. The fourth-order valence-electron chi connectivity index (χ4n) is 6.07. The van der Waals surface area contributed by atoms with Crippen molar-refractivity contribution in [3.8, 4) is 0 Å². The minimum Gasteiger partial charge on any atom is -0.465 e. The molecule has 0 amide bonds. The summed E-state index contributed by atoms with van der Waals surface area (Å²) >= 11 is 1.08. The molecule has 0 aromatic heterocycles. The van der Waals surface area contributed by atoms with Crippen molar-refractivity contribution in [2.75, 3.05) is 20.3 Å². The Balaban J connectivity index is 1.51. The quantitative estimate of drug-likeness (QED) is 0.232. The minimum atomic E-state index is -1.34. The van der Waals surface area contributed by atoms with E-state index in [-0.39, 0.29) is 19.8 Å². The molecular formula is C35H42O14S. The van der Waals surface area contributed by atoms with E-state index in [1.165, 1.54) is 34.8 Å². The largest absolute Gasteiger partial charge is 0.465 e. The van der Waals surface area contributed by atoms with Gasteiger partial charge in [0.1, 0.15) is 36.5 Å². The minimum absolute atomic E-state index is 0.166. The molecule has 0 N–H and O–H groups in total. The average Bonchev–Trinajstić information content (AvgIpc) is 3.09. The molecule has 0 radical (unpaired) electrons. The van der Waals surface area contributed by atoms with E-state index in [0.717, 1.165) is 22.9 Å². The maximum atomic E-state index is 12.5. The fraction of sp³-hybridized carbons (Fsp3) is 0.543. The van der Waals surface area contributed by atoms with Crippen LogP contribution in [0.5, 0.6) is 0 Å². The van der Waals surface area contributed by atoms with Crippen molar-refractivity contribution in [2.24, 2.45) is 0 Å². The van der Waals surface area contributed by atoms with Gasteiger partial charge in [-0.25, -0.2) is 0 Å². The first kappa shape index (κ1) is 37.7. The summed E-state index contributed by atoms with van der Waals surface area (Å²) in [6.45, 7) is 4.88. The Morgan fingerprint density at radius 2 is 1.36 bits per heavy atom. The van der Waals surface area contributed by atoms with Crippen molar-refractivity contribution < 1.29 is 66.5 Å². The van der Waals surface area contributed by atoms with E-state index in [9.17, 15) is 19.2 Å². The van der Waals surface area contributed by atoms with Gasteiger partial charge in [0.25, 0.3) is 0 Å². The molecule has 50 heavy (non-hydrogen) atoms. The summed E-state index contributed by atoms with van der Waals surface area (Å²) in [6, 6.07) is 19.0. The summed E-state index contributed by atoms with van der Waals surface area (Å²) in [5, 5.41) is -0.812. The molecule has 5 rings (SSSR count). The molecule has 0 spiro atoms. The molecule has 0 bridgehead atoms. The molecule has 2 aromatic carbocycles. The SMILES string of the molecule is CO[C@@H]1O[C@H]2CO[C@H](c3ccccc3)O[C@@H]2[C@@H](OCc2ccccc2)[C@@H]1O[C@@H]1S[C@H](COC(C)=O)[C@@H](OC(C)=O)[C@H](OC(C)=O)[C@H]1OC(C)=O. The highest BCUT2D eigenvalue weighted by Crippen LogP contribution is 2.43. The molecule has 2 aromatic rings. The molecular weight excluding hydrogens is 676 g/mol. The summed E-state index contributed by atoms with van der Waals surface area (Å²) < 4.78 is 60.3. The number of fused-ring (bicyclic) bond motifs is 1. The van der Waals surface area contributed by atoms with Gasteiger partial charge in [0.05, 0.1) is 18.5 Å². The molecule has 14 nitrogen and oxygen atoms in total. The summed E-state index contributed by atoms with van der Waals surface area (Å²) in [5.74, 6) is -2.71. The lowest BCUT2D eigenvalue weighted by Crippen LogP contribution is -2.66. The predicted octanol–water partition coefficient (Wildman–Crippen LogP) is 3.24. The number of carbonyl (C=O) groups excluding carboxylic acids is 4. The summed E-state index contributed by atoms with van der Waals surface area (Å²) in [7, 11) is 1.45. The van der Waals surface area contributed by atoms with Crippen LogP contribution in [-0.4, -0.2) is 104 Å². The lowest BCUT2D eigenvalue weighted by atomic mass is 9.96. The molecule has 0 unspecified atom stereocenters. The van der Waals surface area contributed by atoms with Crippen LogP contribution in [0, 0.1) is 0 Å². The van der Waals surface area contributed by atoms with Gasteiger partial charge in [-0.1, -0.05) is 60.7 Å². The zero-order chi connectivity index (χ0) is 35.8. The standard InChI is InChI=1S/C35H42O14S/c1-19(36)41-18-26-28(44-20(2)37)30(45-21(3)38)32(46-22(4)39)35(50-26)49-31-29(42-16-23-12-8-6-9-13-23)27-25(47-34(31)40-5)17-43-33(48-27)24-14-10-7-11-15-24/h6-15,25-35H,16-18H2,1-5H3/t25-,26+,27-,28+,29+,30-,31-,32+,33-,34+,35+/m0/s1. The molecule has 3 fully saturated rings. The highest BCUT2D eigenvalue weighted by molar-refractivity contribution is 8.00. The third-order valence-electron chi connectivity index (χ3n) is 8.11. The van der Waals surface area contributed by atoms with Crippen molar-refractivity contribution in [3.05, 3.63) is 71.8 Å². The molecule has 0 aliphatic carbocycles. The van der Waals surface area contributed by atoms with Crippen molar-refractivity contribution in [2.45, 2.75) is 100 Å². The number of carbonyl (C=O) groups is 4. The fourth-order valence-corrected chi connectivity index (χ4v) is 7.48. The monoisotopic (exact) mass is 718 g/mol. The maximum Gasteiger partial charge on any atom is 0.303 e. The van der Waals surface area contributed by atoms with Crippen LogP contribution in [0.2, 0.25) is 0 Å². The number of thioether (sulfide) groups is 1. The van der Waals surface area contributed by atoms with Crippen molar-refractivity contribution >= 4 is 35.6 Å². The Kier molecular flexibility index (Phi) is 13.2. The second-order valence-corrected chi connectivity index (χ2v) is 13.2. The molecule has 272 valence electrons. The average molecular weight is 719 g/mol. The van der Waals surface area contributed by atoms with Crippen molar-refractivity contribution in [1.82, 2.24) is 0 Å². The second-order valence-electron chi connectivity index (χ2n) is 11.9. The lowest BCUT2D eigenvalue weighted by molar-refractivity contribution is -0.371. The summed E-state index contributed by atoms with van der Waals surface area (Å²) in [5.41, 5.74) is 0.581. The number of benzene rings is 2. The van der Waals surface area contributed by atoms with Crippen LogP contribution in [-0.2, 0) is 73.2 Å². The van der Waals surface area contributed by atoms with Gasteiger partial charge in [-0.2, -0.15) is 0 Å². The van der Waals surface area contributed by atoms with Crippen LogP contribution in [0.4, 0.5) is 0 Å². The number of hydrogen-bond acceptors (Lipinski definition) is 15. The van der Waals surface area contributed by atoms with E-state index in [4.69, 9.17) is 47.4 Å². The van der Waals surface area contributed by atoms with Crippen molar-refractivity contribution in [3.63, 3.8) is 0 Å². The van der Waals surface area contributed by atoms with E-state index in [0.29, 0.717) is 0 Å². The first-order valence-electron chi connectivity index (χ1n) is 16.2. The van der Waals surface area contributed by atoms with Gasteiger partial charge in [-0.3, -0.25) is 19.2 Å². The van der Waals surface area contributed by atoms with Gasteiger partial charge >= 0.3 is 23.9 Å². The normalized spacial score (nSPS) is 32.2. The third-order valence-corrected chi connectivity index (χ3v) is 9.51. The van der Waals surface area contributed by atoms with E-state index < -0.39 is 89.9 Å². The van der Waals surface area contributed by atoms with E-state index >= 15 is 0 Å². The first-order chi connectivity index (χ1) is 24.0. The molecule has 0 saturated carbocycles. The summed E-state index contributed by atoms with van der Waals surface area (Å²) in [6.07, 6.45) is -8.75. The zero-order valence-corrected chi connectivity index (χ0v) is 29.2. The summed E-state index contributed by atoms with van der Waals surface area (Å²) in [4.78, 5) is 49.0. The highest BCUT2D eigenvalue weighted by Gasteiger charge is 2.57. The van der Waals surface area contributed by atoms with Crippen LogP contribution < -0.4 is 0 Å². The Morgan fingerprint density at radius 3 is 1.98 bits per heavy atom. The van der Waals surface area contributed by atoms with Gasteiger partial charge in [0.15, 0.2) is 30.9 Å². The van der Waals surface area contributed by atoms with E-state index in [2.05, 4.69) is 0 Å².